The quantitative estimate of drug-likeness (QED) is 0.830. The van der Waals surface area contributed by atoms with Crippen molar-refractivity contribution in [3.05, 3.63) is 23.5 Å². The lowest BCUT2D eigenvalue weighted by molar-refractivity contribution is -0.153. The van der Waals surface area contributed by atoms with Crippen molar-refractivity contribution in [2.24, 2.45) is 0 Å². The van der Waals surface area contributed by atoms with Gasteiger partial charge in [0.05, 0.1) is 0 Å². The summed E-state index contributed by atoms with van der Waals surface area (Å²) in [6.07, 6.45) is 1.08. The maximum atomic E-state index is 11.6. The van der Waals surface area contributed by atoms with E-state index < -0.39 is 11.5 Å². The van der Waals surface area contributed by atoms with Crippen molar-refractivity contribution in [2.75, 3.05) is 13.2 Å². The van der Waals surface area contributed by atoms with E-state index in [1.807, 2.05) is 30.5 Å². The summed E-state index contributed by atoms with van der Waals surface area (Å²) in [4.78, 5) is 11.6. The molecule has 1 aliphatic rings. The monoisotopic (exact) mass is 223 g/mol. The molecule has 0 atom stereocenters. The predicted octanol–water partition coefficient (Wildman–Crippen LogP) is 1.70. The molecule has 0 saturated carbocycles. The van der Waals surface area contributed by atoms with Crippen LogP contribution in [0.3, 0.4) is 0 Å². The van der Waals surface area contributed by atoms with E-state index in [0.717, 1.165) is 11.4 Å². The lowest BCUT2D eigenvalue weighted by atomic mass is 9.89. The first-order valence-corrected chi connectivity index (χ1v) is 5.54. The summed E-state index contributed by atoms with van der Waals surface area (Å²) in [5.74, 6) is -0.752. The van der Waals surface area contributed by atoms with Crippen LogP contribution < -0.4 is 0 Å². The normalized spacial score (nSPS) is 19.6. The van der Waals surface area contributed by atoms with Gasteiger partial charge in [0, 0.05) is 37.4 Å². The summed E-state index contributed by atoms with van der Waals surface area (Å²) >= 11 is 0. The Morgan fingerprint density at radius 1 is 1.31 bits per heavy atom. The highest BCUT2D eigenvalue weighted by Crippen LogP contribution is 2.32. The van der Waals surface area contributed by atoms with Crippen molar-refractivity contribution >= 4 is 5.97 Å². The van der Waals surface area contributed by atoms with Gasteiger partial charge in [-0.1, -0.05) is 0 Å². The van der Waals surface area contributed by atoms with Gasteiger partial charge in [-0.15, -0.1) is 0 Å². The molecule has 1 saturated heterocycles. The summed E-state index contributed by atoms with van der Waals surface area (Å²) in [5.41, 5.74) is 1.19. The van der Waals surface area contributed by atoms with Crippen molar-refractivity contribution in [3.63, 3.8) is 0 Å². The molecule has 4 nitrogen and oxygen atoms in total. The number of aryl methyl sites for hydroxylation is 2. The Morgan fingerprint density at radius 3 is 2.25 bits per heavy atom. The van der Waals surface area contributed by atoms with Gasteiger partial charge in [0.15, 0.2) is 0 Å². The van der Waals surface area contributed by atoms with E-state index in [1.54, 1.807) is 0 Å². The van der Waals surface area contributed by atoms with Crippen LogP contribution in [0.4, 0.5) is 0 Å². The van der Waals surface area contributed by atoms with Crippen LogP contribution in [0.25, 0.3) is 0 Å². The zero-order chi connectivity index (χ0) is 11.8. The average Bonchev–Trinajstić information content (AvgIpc) is 2.60. The molecule has 2 rings (SSSR count). The second-order valence-electron chi connectivity index (χ2n) is 4.40. The third kappa shape index (κ3) is 1.53. The number of carbonyl (C=O) groups is 1. The highest BCUT2D eigenvalue weighted by Gasteiger charge is 2.43. The smallest absolute Gasteiger partial charge is 0.330 e. The molecule has 1 aliphatic heterocycles. The number of aliphatic carboxylic acids is 1. The van der Waals surface area contributed by atoms with E-state index in [2.05, 4.69) is 0 Å². The van der Waals surface area contributed by atoms with Crippen molar-refractivity contribution in [3.8, 4) is 0 Å². The van der Waals surface area contributed by atoms with E-state index in [9.17, 15) is 9.90 Å². The molecule has 0 aliphatic carbocycles. The molecule has 0 aromatic carbocycles. The molecule has 1 fully saturated rings. The first-order chi connectivity index (χ1) is 7.58. The van der Waals surface area contributed by atoms with Crippen molar-refractivity contribution in [1.82, 2.24) is 4.57 Å². The molecule has 0 unspecified atom stereocenters. The van der Waals surface area contributed by atoms with Crippen molar-refractivity contribution < 1.29 is 14.6 Å². The largest absolute Gasteiger partial charge is 0.479 e. The average molecular weight is 223 g/mol. The second kappa shape index (κ2) is 3.94. The van der Waals surface area contributed by atoms with Gasteiger partial charge in [-0.2, -0.15) is 0 Å². The molecule has 1 aromatic heterocycles. The minimum Gasteiger partial charge on any atom is -0.479 e. The van der Waals surface area contributed by atoms with Crippen LogP contribution in [0.5, 0.6) is 0 Å². The van der Waals surface area contributed by atoms with Gasteiger partial charge in [-0.3, -0.25) is 0 Å². The Kier molecular flexibility index (Phi) is 2.76. The van der Waals surface area contributed by atoms with Gasteiger partial charge >= 0.3 is 5.97 Å². The maximum absolute atomic E-state index is 11.6. The van der Waals surface area contributed by atoms with E-state index in [-0.39, 0.29) is 0 Å². The molecule has 0 spiro atoms. The Morgan fingerprint density at radius 2 is 1.81 bits per heavy atom. The fourth-order valence-electron chi connectivity index (χ4n) is 2.59. The van der Waals surface area contributed by atoms with E-state index in [1.165, 1.54) is 0 Å². The SMILES string of the molecule is Cc1ccc(C)n1C1(C(=O)O)CCOCC1. The first-order valence-electron chi connectivity index (χ1n) is 5.54. The number of ether oxygens (including phenoxy) is 1. The predicted molar refractivity (Wildman–Crippen MR) is 59.6 cm³/mol. The fourth-order valence-corrected chi connectivity index (χ4v) is 2.59. The summed E-state index contributed by atoms with van der Waals surface area (Å²) < 4.78 is 7.22. The number of aromatic nitrogens is 1. The number of hydrogen-bond acceptors (Lipinski definition) is 2. The van der Waals surface area contributed by atoms with Crippen LogP contribution in [-0.4, -0.2) is 28.9 Å². The van der Waals surface area contributed by atoms with Crippen LogP contribution in [0.1, 0.15) is 24.2 Å². The number of rotatable bonds is 2. The summed E-state index contributed by atoms with van der Waals surface area (Å²) in [5, 5.41) is 9.53. The molecule has 1 aromatic rings. The molecule has 0 bridgehead atoms. The van der Waals surface area contributed by atoms with Crippen LogP contribution >= 0.6 is 0 Å². The van der Waals surface area contributed by atoms with Crippen molar-refractivity contribution in [1.29, 1.82) is 0 Å². The number of carboxylic acid groups (broad SMARTS) is 1. The molecular weight excluding hydrogens is 206 g/mol. The Hall–Kier alpha value is -1.29. The third-order valence-corrected chi connectivity index (χ3v) is 3.42. The third-order valence-electron chi connectivity index (χ3n) is 3.42. The molecule has 0 radical (unpaired) electrons. The van der Waals surface area contributed by atoms with E-state index in [4.69, 9.17) is 4.74 Å². The minimum absolute atomic E-state index is 0.517. The second-order valence-corrected chi connectivity index (χ2v) is 4.40. The number of nitrogens with zero attached hydrogens (tertiary/aromatic N) is 1. The molecule has 1 N–H and O–H groups in total. The topological polar surface area (TPSA) is 51.5 Å². The Labute approximate surface area is 94.8 Å². The number of carboxylic acids is 1. The molecular formula is C12H17NO3. The summed E-state index contributed by atoms with van der Waals surface area (Å²) in [6, 6.07) is 3.94. The fraction of sp³-hybridized carbons (Fsp3) is 0.583. The van der Waals surface area contributed by atoms with Crippen LogP contribution in [0.15, 0.2) is 12.1 Å². The molecule has 4 heteroatoms. The van der Waals surface area contributed by atoms with Crippen molar-refractivity contribution in [2.45, 2.75) is 32.2 Å². The van der Waals surface area contributed by atoms with Crippen LogP contribution in [-0.2, 0) is 15.1 Å². The Balaban J connectivity index is 2.51. The zero-order valence-corrected chi connectivity index (χ0v) is 9.69. The van der Waals surface area contributed by atoms with Crippen LogP contribution in [0, 0.1) is 13.8 Å². The van der Waals surface area contributed by atoms with Gasteiger partial charge in [-0.25, -0.2) is 4.79 Å². The molecule has 0 amide bonds. The first kappa shape index (κ1) is 11.2. The van der Waals surface area contributed by atoms with E-state index >= 15 is 0 Å². The molecule has 88 valence electrons. The lowest BCUT2D eigenvalue weighted by Gasteiger charge is -2.36. The molecule has 16 heavy (non-hydrogen) atoms. The zero-order valence-electron chi connectivity index (χ0n) is 9.69. The summed E-state index contributed by atoms with van der Waals surface area (Å²) in [7, 11) is 0. The van der Waals surface area contributed by atoms with Gasteiger partial charge < -0.3 is 14.4 Å². The van der Waals surface area contributed by atoms with Gasteiger partial charge in [0.25, 0.3) is 0 Å². The van der Waals surface area contributed by atoms with Gasteiger partial charge in [0.2, 0.25) is 0 Å². The number of hydrogen-bond donors (Lipinski definition) is 1. The summed E-state index contributed by atoms with van der Waals surface area (Å²) in [6.45, 7) is 4.94. The minimum atomic E-state index is -0.810. The van der Waals surface area contributed by atoms with Gasteiger partial charge in [0.1, 0.15) is 5.54 Å². The van der Waals surface area contributed by atoms with E-state index in [0.29, 0.717) is 26.1 Å². The lowest BCUT2D eigenvalue weighted by Crippen LogP contribution is -2.47. The highest BCUT2D eigenvalue weighted by molar-refractivity contribution is 5.77. The van der Waals surface area contributed by atoms with Gasteiger partial charge in [-0.05, 0) is 26.0 Å². The standard InChI is InChI=1S/C12H17NO3/c1-9-3-4-10(2)13(9)12(11(14)15)5-7-16-8-6-12/h3-4H,5-8H2,1-2H3,(H,14,15). The maximum Gasteiger partial charge on any atom is 0.330 e. The highest BCUT2D eigenvalue weighted by atomic mass is 16.5. The molecule has 2 heterocycles. The Bertz CT molecular complexity index is 383. The van der Waals surface area contributed by atoms with Crippen LogP contribution in [0.2, 0.25) is 0 Å².